The topological polar surface area (TPSA) is 59.4 Å². The Bertz CT molecular complexity index is 904. The van der Waals surface area contributed by atoms with Crippen LogP contribution >= 0.6 is 11.3 Å². The number of nitrogens with zero attached hydrogens (tertiary/aromatic N) is 1. The number of esters is 1. The minimum absolute atomic E-state index is 0.0238. The van der Waals surface area contributed by atoms with Crippen LogP contribution in [-0.2, 0) is 4.74 Å². The van der Waals surface area contributed by atoms with E-state index in [1.807, 2.05) is 0 Å². The molecule has 0 fully saturated rings. The summed E-state index contributed by atoms with van der Waals surface area (Å²) in [5.41, 5.74) is 1.06. The predicted octanol–water partition coefficient (Wildman–Crippen LogP) is 4.29. The number of carbonyl (C=O) groups is 1. The van der Waals surface area contributed by atoms with Crippen molar-refractivity contribution in [3.05, 3.63) is 46.7 Å². The molecule has 0 atom stereocenters. The molecule has 1 aromatic heterocycles. The van der Waals surface area contributed by atoms with Crippen LogP contribution in [0.1, 0.15) is 22.2 Å². The van der Waals surface area contributed by atoms with Gasteiger partial charge in [-0.05, 0) is 31.5 Å². The van der Waals surface area contributed by atoms with Gasteiger partial charge in [-0.3, -0.25) is 0 Å². The van der Waals surface area contributed by atoms with E-state index in [2.05, 4.69) is 4.98 Å². The first kappa shape index (κ1) is 15.4. The van der Waals surface area contributed by atoms with E-state index in [1.54, 1.807) is 32.0 Å². The summed E-state index contributed by atoms with van der Waals surface area (Å²) in [4.78, 5) is 16.2. The van der Waals surface area contributed by atoms with Crippen molar-refractivity contribution in [1.29, 1.82) is 0 Å². The number of carbonyl (C=O) groups excluding carboxylic acids is 1. The quantitative estimate of drug-likeness (QED) is 0.727. The Hall–Kier alpha value is -2.47. The summed E-state index contributed by atoms with van der Waals surface area (Å²) in [5, 5.41) is 11.4. The van der Waals surface area contributed by atoms with E-state index >= 15 is 0 Å². The molecule has 0 unspecified atom stereocenters. The number of aromatic hydroxyl groups is 1. The zero-order valence-corrected chi connectivity index (χ0v) is 13.4. The van der Waals surface area contributed by atoms with Crippen molar-refractivity contribution in [2.75, 3.05) is 6.61 Å². The molecule has 1 heterocycles. The maximum Gasteiger partial charge on any atom is 0.349 e. The summed E-state index contributed by atoms with van der Waals surface area (Å²) < 4.78 is 19.2. The second-order valence-corrected chi connectivity index (χ2v) is 6.07. The highest BCUT2D eigenvalue weighted by molar-refractivity contribution is 7.16. The number of phenols is 1. The SMILES string of the molecule is CCOC(=O)c1cnc(-c2cc(O)c3ccc(C)c(F)c3c2)s1. The molecule has 0 saturated heterocycles. The molecular weight excluding hydrogens is 317 g/mol. The van der Waals surface area contributed by atoms with E-state index in [9.17, 15) is 14.3 Å². The van der Waals surface area contributed by atoms with Crippen molar-refractivity contribution in [1.82, 2.24) is 4.98 Å². The van der Waals surface area contributed by atoms with Crippen LogP contribution in [0.15, 0.2) is 30.5 Å². The van der Waals surface area contributed by atoms with Crippen LogP contribution < -0.4 is 0 Å². The fourth-order valence-electron chi connectivity index (χ4n) is 2.32. The van der Waals surface area contributed by atoms with Gasteiger partial charge in [0.1, 0.15) is 21.5 Å². The summed E-state index contributed by atoms with van der Waals surface area (Å²) in [5.74, 6) is -0.839. The molecule has 4 nitrogen and oxygen atoms in total. The van der Waals surface area contributed by atoms with E-state index in [0.717, 1.165) is 11.3 Å². The molecule has 0 saturated carbocycles. The van der Waals surface area contributed by atoms with Gasteiger partial charge in [0.05, 0.1) is 12.8 Å². The molecule has 0 bridgehead atoms. The lowest BCUT2D eigenvalue weighted by atomic mass is 10.0. The summed E-state index contributed by atoms with van der Waals surface area (Å²) in [6.07, 6.45) is 1.42. The van der Waals surface area contributed by atoms with Gasteiger partial charge in [-0.2, -0.15) is 0 Å². The molecule has 6 heteroatoms. The third kappa shape index (κ3) is 2.77. The molecular formula is C17H14FNO3S. The highest BCUT2D eigenvalue weighted by atomic mass is 32.1. The molecule has 0 radical (unpaired) electrons. The lowest BCUT2D eigenvalue weighted by Gasteiger charge is -2.07. The normalized spacial score (nSPS) is 10.9. The number of aryl methyl sites for hydroxylation is 1. The number of aromatic nitrogens is 1. The van der Waals surface area contributed by atoms with E-state index in [-0.39, 0.29) is 18.2 Å². The van der Waals surface area contributed by atoms with Gasteiger partial charge in [-0.25, -0.2) is 14.2 Å². The first-order valence-electron chi connectivity index (χ1n) is 7.06. The number of hydrogen-bond acceptors (Lipinski definition) is 5. The molecule has 3 rings (SSSR count). The van der Waals surface area contributed by atoms with Gasteiger partial charge in [-0.1, -0.05) is 12.1 Å². The van der Waals surface area contributed by atoms with Gasteiger partial charge in [0.25, 0.3) is 0 Å². The Morgan fingerprint density at radius 3 is 2.87 bits per heavy atom. The standard InChI is InChI=1S/C17H14FNO3S/c1-3-22-17(21)14-8-19-16(23-14)10-6-12-11(13(20)7-10)5-4-9(2)15(12)18/h4-8,20H,3H2,1-2H3. The average molecular weight is 331 g/mol. The Morgan fingerprint density at radius 1 is 1.35 bits per heavy atom. The first-order chi connectivity index (χ1) is 11.0. The number of halogens is 1. The molecule has 1 N–H and O–H groups in total. The van der Waals surface area contributed by atoms with E-state index in [4.69, 9.17) is 4.74 Å². The monoisotopic (exact) mass is 331 g/mol. The lowest BCUT2D eigenvalue weighted by molar-refractivity contribution is 0.0532. The number of fused-ring (bicyclic) bond motifs is 1. The van der Waals surface area contributed by atoms with Crippen molar-refractivity contribution in [3.63, 3.8) is 0 Å². The summed E-state index contributed by atoms with van der Waals surface area (Å²) in [7, 11) is 0. The van der Waals surface area contributed by atoms with Gasteiger partial charge >= 0.3 is 5.97 Å². The van der Waals surface area contributed by atoms with E-state index in [1.165, 1.54) is 12.3 Å². The Kier molecular flexibility index (Phi) is 4.00. The molecule has 0 amide bonds. The molecule has 0 aliphatic rings. The van der Waals surface area contributed by atoms with Crippen molar-refractivity contribution < 1.29 is 19.0 Å². The third-order valence-electron chi connectivity index (χ3n) is 3.47. The Balaban J connectivity index is 2.10. The van der Waals surface area contributed by atoms with Crippen LogP contribution in [0.4, 0.5) is 4.39 Å². The molecule has 0 spiro atoms. The number of thiazole rings is 1. The highest BCUT2D eigenvalue weighted by Gasteiger charge is 2.15. The van der Waals surface area contributed by atoms with E-state index < -0.39 is 5.97 Å². The number of ether oxygens (including phenoxy) is 1. The largest absolute Gasteiger partial charge is 0.507 e. The number of benzene rings is 2. The molecule has 3 aromatic rings. The maximum absolute atomic E-state index is 14.3. The number of hydrogen-bond donors (Lipinski definition) is 1. The summed E-state index contributed by atoms with van der Waals surface area (Å²) in [6.45, 7) is 3.68. The minimum atomic E-state index is -0.441. The van der Waals surface area contributed by atoms with Gasteiger partial charge in [-0.15, -0.1) is 11.3 Å². The Labute approximate surface area is 136 Å². The second kappa shape index (κ2) is 5.96. The number of rotatable bonds is 3. The van der Waals surface area contributed by atoms with Crippen LogP contribution in [0.2, 0.25) is 0 Å². The van der Waals surface area contributed by atoms with Crippen LogP contribution in [0.25, 0.3) is 21.3 Å². The van der Waals surface area contributed by atoms with E-state index in [0.29, 0.717) is 31.8 Å². The van der Waals surface area contributed by atoms with Crippen molar-refractivity contribution in [2.45, 2.75) is 13.8 Å². The van der Waals surface area contributed by atoms with Gasteiger partial charge < -0.3 is 9.84 Å². The first-order valence-corrected chi connectivity index (χ1v) is 7.88. The Morgan fingerprint density at radius 2 is 2.13 bits per heavy atom. The van der Waals surface area contributed by atoms with Crippen molar-refractivity contribution in [2.24, 2.45) is 0 Å². The van der Waals surface area contributed by atoms with Crippen LogP contribution in [0, 0.1) is 12.7 Å². The lowest BCUT2D eigenvalue weighted by Crippen LogP contribution is -2.01. The van der Waals surface area contributed by atoms with Crippen molar-refractivity contribution in [3.8, 4) is 16.3 Å². The van der Waals surface area contributed by atoms with Gasteiger partial charge in [0.2, 0.25) is 0 Å². The van der Waals surface area contributed by atoms with Gasteiger partial charge in [0.15, 0.2) is 0 Å². The van der Waals surface area contributed by atoms with Gasteiger partial charge in [0, 0.05) is 16.3 Å². The fraction of sp³-hybridized carbons (Fsp3) is 0.176. The molecule has 23 heavy (non-hydrogen) atoms. The summed E-state index contributed by atoms with van der Waals surface area (Å²) in [6, 6.07) is 6.45. The molecule has 118 valence electrons. The predicted molar refractivity (Wildman–Crippen MR) is 87.4 cm³/mol. The van der Waals surface area contributed by atoms with Crippen LogP contribution in [-0.4, -0.2) is 22.7 Å². The summed E-state index contributed by atoms with van der Waals surface area (Å²) >= 11 is 1.14. The number of phenolic OH excluding ortho intramolecular Hbond substituents is 1. The second-order valence-electron chi connectivity index (χ2n) is 5.04. The third-order valence-corrected chi connectivity index (χ3v) is 4.50. The van der Waals surface area contributed by atoms with Crippen LogP contribution in [0.5, 0.6) is 5.75 Å². The molecule has 0 aliphatic carbocycles. The zero-order valence-electron chi connectivity index (χ0n) is 12.6. The average Bonchev–Trinajstić information content (AvgIpc) is 3.01. The van der Waals surface area contributed by atoms with Crippen LogP contribution in [0.3, 0.4) is 0 Å². The van der Waals surface area contributed by atoms with Crippen molar-refractivity contribution >= 4 is 28.1 Å². The molecule has 0 aliphatic heterocycles. The maximum atomic E-state index is 14.3. The smallest absolute Gasteiger partial charge is 0.349 e. The minimum Gasteiger partial charge on any atom is -0.507 e. The fourth-order valence-corrected chi connectivity index (χ4v) is 3.11. The highest BCUT2D eigenvalue weighted by Crippen LogP contribution is 2.35. The molecule has 2 aromatic carbocycles. The zero-order chi connectivity index (χ0) is 16.6.